The zero-order chi connectivity index (χ0) is 13.0. The molecule has 2 aromatic rings. The first-order valence-electron chi connectivity index (χ1n) is 5.31. The van der Waals surface area contributed by atoms with Crippen LogP contribution in [0, 0.1) is 0 Å². The second kappa shape index (κ2) is 6.18. The number of ether oxygens (including phenoxy) is 1. The van der Waals surface area contributed by atoms with Crippen LogP contribution in [0.5, 0.6) is 5.88 Å². The van der Waals surface area contributed by atoms with Gasteiger partial charge in [-0.25, -0.2) is 4.98 Å². The minimum Gasteiger partial charge on any atom is -0.473 e. The summed E-state index contributed by atoms with van der Waals surface area (Å²) in [7, 11) is 0. The van der Waals surface area contributed by atoms with Gasteiger partial charge in [0.15, 0.2) is 0 Å². The van der Waals surface area contributed by atoms with Crippen molar-refractivity contribution in [3.63, 3.8) is 0 Å². The normalized spacial score (nSPS) is 10.4. The van der Waals surface area contributed by atoms with Gasteiger partial charge < -0.3 is 9.84 Å². The monoisotopic (exact) mass is 327 g/mol. The maximum atomic E-state index is 9.22. The van der Waals surface area contributed by atoms with Gasteiger partial charge in [-0.1, -0.05) is 23.7 Å². The molecular formula is C13H11BrClNO2. The van der Waals surface area contributed by atoms with Gasteiger partial charge in [-0.2, -0.15) is 0 Å². The highest BCUT2D eigenvalue weighted by atomic mass is 79.9. The molecule has 0 unspecified atom stereocenters. The third kappa shape index (κ3) is 3.45. The van der Waals surface area contributed by atoms with E-state index in [4.69, 9.17) is 16.3 Å². The molecule has 94 valence electrons. The van der Waals surface area contributed by atoms with E-state index in [0.29, 0.717) is 23.1 Å². The van der Waals surface area contributed by atoms with Crippen molar-refractivity contribution in [2.45, 2.75) is 13.2 Å². The Labute approximate surface area is 119 Å². The van der Waals surface area contributed by atoms with Crippen LogP contribution in [0.25, 0.3) is 0 Å². The molecule has 0 saturated carbocycles. The van der Waals surface area contributed by atoms with Gasteiger partial charge in [-0.15, -0.1) is 0 Å². The molecule has 0 amide bonds. The molecule has 0 saturated heterocycles. The van der Waals surface area contributed by atoms with Crippen LogP contribution < -0.4 is 4.74 Å². The van der Waals surface area contributed by atoms with Crippen molar-refractivity contribution in [3.8, 4) is 5.88 Å². The van der Waals surface area contributed by atoms with E-state index in [1.54, 1.807) is 12.3 Å². The topological polar surface area (TPSA) is 42.4 Å². The molecule has 1 N–H and O–H groups in total. The van der Waals surface area contributed by atoms with Gasteiger partial charge in [0.1, 0.15) is 6.61 Å². The van der Waals surface area contributed by atoms with Gasteiger partial charge in [0.05, 0.1) is 6.61 Å². The number of aliphatic hydroxyl groups is 1. The highest BCUT2D eigenvalue weighted by molar-refractivity contribution is 9.10. The van der Waals surface area contributed by atoms with E-state index in [2.05, 4.69) is 20.9 Å². The van der Waals surface area contributed by atoms with Crippen LogP contribution in [0.3, 0.4) is 0 Å². The van der Waals surface area contributed by atoms with E-state index in [1.807, 2.05) is 24.3 Å². The molecule has 0 aliphatic rings. The molecule has 0 aliphatic heterocycles. The maximum absolute atomic E-state index is 9.22. The van der Waals surface area contributed by atoms with Crippen molar-refractivity contribution < 1.29 is 9.84 Å². The molecule has 0 bridgehead atoms. The van der Waals surface area contributed by atoms with Crippen LogP contribution in [-0.4, -0.2) is 10.1 Å². The zero-order valence-corrected chi connectivity index (χ0v) is 11.8. The molecule has 0 aliphatic carbocycles. The predicted octanol–water partition coefficient (Wildman–Crippen LogP) is 3.57. The molecule has 2 rings (SSSR count). The second-order valence-electron chi connectivity index (χ2n) is 3.69. The Bertz CT molecular complexity index is 531. The van der Waals surface area contributed by atoms with Crippen LogP contribution in [0.2, 0.25) is 5.02 Å². The molecule has 1 heterocycles. The Kier molecular flexibility index (Phi) is 4.58. The molecule has 1 aromatic heterocycles. The molecule has 1 aromatic carbocycles. The number of nitrogens with zero attached hydrogens (tertiary/aromatic N) is 1. The summed E-state index contributed by atoms with van der Waals surface area (Å²) in [5.74, 6) is 0.440. The highest BCUT2D eigenvalue weighted by Crippen LogP contribution is 2.21. The summed E-state index contributed by atoms with van der Waals surface area (Å²) in [4.78, 5) is 4.13. The first kappa shape index (κ1) is 13.3. The predicted molar refractivity (Wildman–Crippen MR) is 73.6 cm³/mol. The molecule has 0 radical (unpaired) electrons. The Hall–Kier alpha value is -1.10. The SMILES string of the molecule is OCc1cc(Br)cnc1OCc1ccc(Cl)cc1. The van der Waals surface area contributed by atoms with Crippen LogP contribution in [0.15, 0.2) is 41.0 Å². The number of hydrogen-bond donors (Lipinski definition) is 1. The summed E-state index contributed by atoms with van der Waals surface area (Å²) < 4.78 is 6.38. The van der Waals surface area contributed by atoms with Gasteiger partial charge in [-0.3, -0.25) is 0 Å². The van der Waals surface area contributed by atoms with E-state index in [0.717, 1.165) is 10.0 Å². The lowest BCUT2D eigenvalue weighted by Gasteiger charge is -2.09. The second-order valence-corrected chi connectivity index (χ2v) is 5.04. The fourth-order valence-electron chi connectivity index (χ4n) is 1.44. The van der Waals surface area contributed by atoms with Gasteiger partial charge >= 0.3 is 0 Å². The first-order valence-corrected chi connectivity index (χ1v) is 6.48. The Balaban J connectivity index is 2.08. The summed E-state index contributed by atoms with van der Waals surface area (Å²) in [5, 5.41) is 9.91. The molecule has 5 heteroatoms. The third-order valence-corrected chi connectivity index (χ3v) is 3.04. The Morgan fingerprint density at radius 1 is 1.28 bits per heavy atom. The largest absolute Gasteiger partial charge is 0.473 e. The summed E-state index contributed by atoms with van der Waals surface area (Å²) in [5.41, 5.74) is 1.64. The van der Waals surface area contributed by atoms with E-state index >= 15 is 0 Å². The lowest BCUT2D eigenvalue weighted by Crippen LogP contribution is -2.00. The average Bonchev–Trinajstić information content (AvgIpc) is 2.39. The molecule has 0 fully saturated rings. The molecule has 0 spiro atoms. The number of halogens is 2. The highest BCUT2D eigenvalue weighted by Gasteiger charge is 2.05. The number of benzene rings is 1. The van der Waals surface area contributed by atoms with Crippen LogP contribution in [-0.2, 0) is 13.2 Å². The Morgan fingerprint density at radius 2 is 2.00 bits per heavy atom. The number of aliphatic hydroxyl groups excluding tert-OH is 1. The molecule has 18 heavy (non-hydrogen) atoms. The third-order valence-electron chi connectivity index (χ3n) is 2.35. The van der Waals surface area contributed by atoms with Crippen molar-refractivity contribution >= 4 is 27.5 Å². The van der Waals surface area contributed by atoms with Crippen LogP contribution in [0.1, 0.15) is 11.1 Å². The summed E-state index contributed by atoms with van der Waals surface area (Å²) in [6.45, 7) is 0.279. The Morgan fingerprint density at radius 3 is 2.67 bits per heavy atom. The quantitative estimate of drug-likeness (QED) is 0.933. The minimum absolute atomic E-state index is 0.109. The zero-order valence-electron chi connectivity index (χ0n) is 9.44. The van der Waals surface area contributed by atoms with E-state index < -0.39 is 0 Å². The van der Waals surface area contributed by atoms with Crippen LogP contribution in [0.4, 0.5) is 0 Å². The fourth-order valence-corrected chi connectivity index (χ4v) is 1.95. The molecule has 0 atom stereocenters. The summed E-state index contributed by atoms with van der Waals surface area (Å²) >= 11 is 9.10. The average molecular weight is 329 g/mol. The number of hydrogen-bond acceptors (Lipinski definition) is 3. The molecular weight excluding hydrogens is 318 g/mol. The lowest BCUT2D eigenvalue weighted by molar-refractivity contribution is 0.252. The van der Waals surface area contributed by atoms with Crippen molar-refractivity contribution in [1.82, 2.24) is 4.98 Å². The smallest absolute Gasteiger partial charge is 0.219 e. The number of rotatable bonds is 4. The molecule has 3 nitrogen and oxygen atoms in total. The van der Waals surface area contributed by atoms with E-state index in [-0.39, 0.29) is 6.61 Å². The minimum atomic E-state index is -0.109. The number of pyridine rings is 1. The van der Waals surface area contributed by atoms with Crippen LogP contribution >= 0.6 is 27.5 Å². The fraction of sp³-hybridized carbons (Fsp3) is 0.154. The number of aromatic nitrogens is 1. The van der Waals surface area contributed by atoms with E-state index in [9.17, 15) is 5.11 Å². The van der Waals surface area contributed by atoms with Crippen molar-refractivity contribution in [1.29, 1.82) is 0 Å². The van der Waals surface area contributed by atoms with Gasteiger partial charge in [0.2, 0.25) is 5.88 Å². The maximum Gasteiger partial charge on any atom is 0.219 e. The lowest BCUT2D eigenvalue weighted by atomic mass is 10.2. The van der Waals surface area contributed by atoms with Crippen molar-refractivity contribution in [3.05, 3.63) is 57.2 Å². The van der Waals surface area contributed by atoms with Gasteiger partial charge in [-0.05, 0) is 39.7 Å². The van der Waals surface area contributed by atoms with Crippen molar-refractivity contribution in [2.24, 2.45) is 0 Å². The summed E-state index contributed by atoms with van der Waals surface area (Å²) in [6.07, 6.45) is 1.64. The van der Waals surface area contributed by atoms with E-state index in [1.165, 1.54) is 0 Å². The van der Waals surface area contributed by atoms with Gasteiger partial charge in [0, 0.05) is 21.3 Å². The summed E-state index contributed by atoms with van der Waals surface area (Å²) in [6, 6.07) is 9.17. The first-order chi connectivity index (χ1) is 8.69. The van der Waals surface area contributed by atoms with Gasteiger partial charge in [0.25, 0.3) is 0 Å². The standard InChI is InChI=1S/C13H11BrClNO2/c14-11-5-10(7-17)13(16-6-11)18-8-9-1-3-12(15)4-2-9/h1-6,17H,7-8H2. The van der Waals surface area contributed by atoms with Crippen molar-refractivity contribution in [2.75, 3.05) is 0 Å².